The Labute approximate surface area is 94.8 Å². The van der Waals surface area contributed by atoms with Gasteiger partial charge in [-0.1, -0.05) is 0 Å². The van der Waals surface area contributed by atoms with Crippen LogP contribution in [0.15, 0.2) is 0 Å². The molecule has 0 saturated carbocycles. The van der Waals surface area contributed by atoms with Crippen LogP contribution in [0.25, 0.3) is 0 Å². The fourth-order valence-corrected chi connectivity index (χ4v) is 1.14. The maximum absolute atomic E-state index is 11.5. The van der Waals surface area contributed by atoms with Crippen LogP contribution in [0.1, 0.15) is 27.7 Å². The minimum absolute atomic E-state index is 0.701. The molecule has 0 saturated heterocycles. The van der Waals surface area contributed by atoms with Crippen molar-refractivity contribution in [1.29, 1.82) is 0 Å². The first-order valence-electron chi connectivity index (χ1n) is 4.93. The van der Waals surface area contributed by atoms with E-state index in [-0.39, 0.29) is 0 Å². The molecule has 2 atom stereocenters. The number of hydrogen-bond acceptors (Lipinski definition) is 4. The highest BCUT2D eigenvalue weighted by molar-refractivity contribution is 5.80. The van der Waals surface area contributed by atoms with Crippen molar-refractivity contribution in [2.24, 2.45) is 0 Å². The molecule has 0 aromatic heterocycles. The fourth-order valence-electron chi connectivity index (χ4n) is 1.14. The molecule has 0 aromatic carbocycles. The molecule has 0 unspecified atom stereocenters. The number of aliphatic hydroxyl groups is 1. The number of hydrogen-bond donors (Lipinski definition) is 2. The molecular formula is C10H19NO5. The Hall–Kier alpha value is -1.30. The van der Waals surface area contributed by atoms with E-state index in [0.717, 1.165) is 4.90 Å². The van der Waals surface area contributed by atoms with Gasteiger partial charge in [0, 0.05) is 7.05 Å². The summed E-state index contributed by atoms with van der Waals surface area (Å²) in [6, 6.07) is -1.31. The highest BCUT2D eigenvalue weighted by Crippen LogP contribution is 2.12. The van der Waals surface area contributed by atoms with Crippen LogP contribution in [0.3, 0.4) is 0 Å². The van der Waals surface area contributed by atoms with Crippen LogP contribution >= 0.6 is 0 Å². The fraction of sp³-hybridized carbons (Fsp3) is 0.800. The molecule has 0 heterocycles. The van der Waals surface area contributed by atoms with Gasteiger partial charge in [0.05, 0.1) is 6.10 Å². The summed E-state index contributed by atoms with van der Waals surface area (Å²) in [5, 5.41) is 18.1. The average molecular weight is 233 g/mol. The zero-order chi connectivity index (χ0) is 13.1. The monoisotopic (exact) mass is 233 g/mol. The van der Waals surface area contributed by atoms with E-state index < -0.39 is 29.8 Å². The number of amides is 1. The van der Waals surface area contributed by atoms with Gasteiger partial charge in [-0.05, 0) is 27.7 Å². The number of likely N-dealkylation sites (N-methyl/N-ethyl adjacent to an activating group) is 1. The number of carbonyl (C=O) groups excluding carboxylic acids is 1. The molecule has 0 aliphatic rings. The maximum atomic E-state index is 11.5. The molecule has 0 fully saturated rings. The molecule has 0 aliphatic carbocycles. The van der Waals surface area contributed by atoms with Gasteiger partial charge in [0.1, 0.15) is 5.60 Å². The largest absolute Gasteiger partial charge is 0.480 e. The van der Waals surface area contributed by atoms with Gasteiger partial charge in [-0.15, -0.1) is 0 Å². The molecule has 0 bridgehead atoms. The quantitative estimate of drug-likeness (QED) is 0.748. The summed E-state index contributed by atoms with van der Waals surface area (Å²) in [4.78, 5) is 23.3. The first kappa shape index (κ1) is 14.7. The summed E-state index contributed by atoms with van der Waals surface area (Å²) in [5.41, 5.74) is -0.701. The van der Waals surface area contributed by atoms with E-state index in [1.165, 1.54) is 14.0 Å². The molecule has 0 spiro atoms. The number of aliphatic carboxylic acids is 1. The topological polar surface area (TPSA) is 87.1 Å². The normalized spacial score (nSPS) is 15.1. The summed E-state index contributed by atoms with van der Waals surface area (Å²) >= 11 is 0. The van der Waals surface area contributed by atoms with Gasteiger partial charge in [-0.25, -0.2) is 9.59 Å². The summed E-state index contributed by atoms with van der Waals surface area (Å²) in [6.45, 7) is 6.34. The first-order chi connectivity index (χ1) is 7.06. The van der Waals surface area contributed by atoms with Crippen molar-refractivity contribution in [2.45, 2.75) is 45.4 Å². The van der Waals surface area contributed by atoms with E-state index >= 15 is 0 Å². The minimum Gasteiger partial charge on any atom is -0.480 e. The molecule has 6 heteroatoms. The molecule has 0 rings (SSSR count). The Morgan fingerprint density at radius 1 is 1.31 bits per heavy atom. The van der Waals surface area contributed by atoms with Crippen LogP contribution in [0.4, 0.5) is 4.79 Å². The van der Waals surface area contributed by atoms with Crippen LogP contribution in [0, 0.1) is 0 Å². The number of nitrogens with zero attached hydrogens (tertiary/aromatic N) is 1. The van der Waals surface area contributed by atoms with Crippen LogP contribution in [0.5, 0.6) is 0 Å². The number of aliphatic hydroxyl groups excluding tert-OH is 1. The highest BCUT2D eigenvalue weighted by atomic mass is 16.6. The zero-order valence-electron chi connectivity index (χ0n) is 10.2. The van der Waals surface area contributed by atoms with Gasteiger partial charge in [-0.3, -0.25) is 4.90 Å². The van der Waals surface area contributed by atoms with Crippen molar-refractivity contribution in [2.75, 3.05) is 7.05 Å². The summed E-state index contributed by atoms with van der Waals surface area (Å²) in [6.07, 6.45) is -1.95. The van der Waals surface area contributed by atoms with Crippen molar-refractivity contribution in [1.82, 2.24) is 4.90 Å². The third-order valence-electron chi connectivity index (χ3n) is 1.81. The van der Waals surface area contributed by atoms with E-state index in [9.17, 15) is 14.7 Å². The average Bonchev–Trinajstić information content (AvgIpc) is 1.98. The molecule has 94 valence electrons. The molecule has 16 heavy (non-hydrogen) atoms. The molecule has 6 nitrogen and oxygen atoms in total. The van der Waals surface area contributed by atoms with Gasteiger partial charge in [0.2, 0.25) is 0 Å². The van der Waals surface area contributed by atoms with E-state index in [1.54, 1.807) is 20.8 Å². The number of ether oxygens (including phenoxy) is 1. The second-order valence-corrected chi connectivity index (χ2v) is 4.61. The third kappa shape index (κ3) is 4.48. The van der Waals surface area contributed by atoms with Gasteiger partial charge in [-0.2, -0.15) is 0 Å². The second kappa shape index (κ2) is 5.16. The van der Waals surface area contributed by atoms with Crippen LogP contribution < -0.4 is 0 Å². The Balaban J connectivity index is 4.69. The lowest BCUT2D eigenvalue weighted by molar-refractivity contribution is -0.146. The Kier molecular flexibility index (Phi) is 4.74. The Morgan fingerprint density at radius 3 is 2.00 bits per heavy atom. The van der Waals surface area contributed by atoms with Gasteiger partial charge in [0.15, 0.2) is 6.04 Å². The summed E-state index contributed by atoms with van der Waals surface area (Å²) < 4.78 is 4.99. The number of carboxylic acids is 1. The lowest BCUT2D eigenvalue weighted by atomic mass is 10.1. The van der Waals surface area contributed by atoms with Crippen LogP contribution in [-0.2, 0) is 9.53 Å². The van der Waals surface area contributed by atoms with Crippen molar-refractivity contribution in [3.8, 4) is 0 Å². The van der Waals surface area contributed by atoms with Crippen LogP contribution in [0.2, 0.25) is 0 Å². The van der Waals surface area contributed by atoms with Crippen molar-refractivity contribution < 1.29 is 24.5 Å². The van der Waals surface area contributed by atoms with E-state index in [4.69, 9.17) is 9.84 Å². The molecule has 1 amide bonds. The van der Waals surface area contributed by atoms with Crippen LogP contribution in [-0.4, -0.2) is 52.0 Å². The highest BCUT2D eigenvalue weighted by Gasteiger charge is 2.33. The maximum Gasteiger partial charge on any atom is 0.410 e. The van der Waals surface area contributed by atoms with Gasteiger partial charge < -0.3 is 14.9 Å². The molecule has 0 aromatic rings. The molecule has 0 radical (unpaired) electrons. The number of rotatable bonds is 3. The predicted octanol–water partition coefficient (Wildman–Crippen LogP) is 0.687. The second-order valence-electron chi connectivity index (χ2n) is 4.61. The summed E-state index contributed by atoms with van der Waals surface area (Å²) in [5.74, 6) is -1.27. The SMILES string of the molecule is C[C@H](O)[C@@H](C(=O)O)N(C)C(=O)OC(C)(C)C. The Morgan fingerprint density at radius 2 is 1.75 bits per heavy atom. The number of carbonyl (C=O) groups is 2. The van der Waals surface area contributed by atoms with Crippen molar-refractivity contribution in [3.05, 3.63) is 0 Å². The molecule has 2 N–H and O–H groups in total. The zero-order valence-corrected chi connectivity index (χ0v) is 10.2. The van der Waals surface area contributed by atoms with Gasteiger partial charge in [0.25, 0.3) is 0 Å². The standard InChI is InChI=1S/C10H19NO5/c1-6(12)7(8(13)14)11(5)9(15)16-10(2,3)4/h6-7,12H,1-5H3,(H,13,14)/t6-,7-/m0/s1. The van der Waals surface area contributed by atoms with Crippen molar-refractivity contribution in [3.63, 3.8) is 0 Å². The van der Waals surface area contributed by atoms with E-state index in [0.29, 0.717) is 0 Å². The lowest BCUT2D eigenvalue weighted by Crippen LogP contribution is -2.50. The predicted molar refractivity (Wildman–Crippen MR) is 57.1 cm³/mol. The van der Waals surface area contributed by atoms with E-state index in [1.807, 2.05) is 0 Å². The Bertz CT molecular complexity index is 269. The molecule has 0 aliphatic heterocycles. The summed E-state index contributed by atoms with van der Waals surface area (Å²) in [7, 11) is 1.28. The number of carboxylic acid groups (broad SMARTS) is 1. The van der Waals surface area contributed by atoms with E-state index in [2.05, 4.69) is 0 Å². The minimum atomic E-state index is -1.31. The lowest BCUT2D eigenvalue weighted by Gasteiger charge is -2.29. The smallest absolute Gasteiger partial charge is 0.410 e. The molecular weight excluding hydrogens is 214 g/mol. The third-order valence-corrected chi connectivity index (χ3v) is 1.81. The first-order valence-corrected chi connectivity index (χ1v) is 4.93. The van der Waals surface area contributed by atoms with Crippen molar-refractivity contribution >= 4 is 12.1 Å². The van der Waals surface area contributed by atoms with Gasteiger partial charge >= 0.3 is 12.1 Å².